The van der Waals surface area contributed by atoms with Gasteiger partial charge in [0.15, 0.2) is 0 Å². The summed E-state index contributed by atoms with van der Waals surface area (Å²) < 4.78 is 0. The molecule has 4 aliphatic carbocycles. The predicted octanol–water partition coefficient (Wildman–Crippen LogP) is 13.0. The molecule has 4 saturated carbocycles. The molecule has 7 rings (SSSR count). The van der Waals surface area contributed by atoms with Crippen molar-refractivity contribution >= 4 is 36.6 Å². The van der Waals surface area contributed by atoms with Crippen molar-refractivity contribution in [3.8, 4) is 6.07 Å². The van der Waals surface area contributed by atoms with Gasteiger partial charge in [0.2, 0.25) is 0 Å². The Bertz CT molecular complexity index is 1210. The summed E-state index contributed by atoms with van der Waals surface area (Å²) in [6.45, 7) is 2.66. The van der Waals surface area contributed by atoms with Crippen LogP contribution in [0.1, 0.15) is 128 Å². The van der Waals surface area contributed by atoms with Gasteiger partial charge in [0.25, 0.3) is 0 Å². The second-order valence-corrected chi connectivity index (χ2v) is 19.8. The van der Waals surface area contributed by atoms with Crippen LogP contribution < -0.4 is 10.6 Å². The normalized spacial score (nSPS) is 21.5. The van der Waals surface area contributed by atoms with Crippen molar-refractivity contribution in [1.82, 2.24) is 0 Å². The van der Waals surface area contributed by atoms with Gasteiger partial charge in [0.05, 0.1) is 11.6 Å². The topological polar surface area (TPSA) is 23.8 Å². The van der Waals surface area contributed by atoms with Crippen molar-refractivity contribution in [3.05, 3.63) is 96.6 Å². The molecule has 0 aliphatic heterocycles. The molecule has 3 atom stereocenters. The molecule has 1 nitrogen and oxygen atoms in total. The molecule has 3 aromatic rings. The van der Waals surface area contributed by atoms with E-state index >= 15 is 0 Å². The molecule has 0 amide bonds. The molecule has 49 heavy (non-hydrogen) atoms. The Hall–Kier alpha value is -0.687. The Kier molecular flexibility index (Phi) is 22.1. The van der Waals surface area contributed by atoms with Crippen LogP contribution in [0.5, 0.6) is 0 Å². The van der Waals surface area contributed by atoms with Gasteiger partial charge in [0, 0.05) is 17.1 Å². The Morgan fingerprint density at radius 1 is 0.571 bits per heavy atom. The SMILES string of the molecule is C1CCCC1.CC(C1CCCC1P(C1CCCCC1)C1CCCCC1)P(c1ccccc1)c1ccccc1.N#Cc1ccccc1.[Cl][Ni].[Fe]. The molecule has 0 aromatic heterocycles. The van der Waals surface area contributed by atoms with E-state index < -0.39 is 0 Å². The summed E-state index contributed by atoms with van der Waals surface area (Å²) in [4.78, 5) is 0. The van der Waals surface area contributed by atoms with Crippen LogP contribution in [0.4, 0.5) is 0 Å². The van der Waals surface area contributed by atoms with Crippen LogP contribution in [-0.2, 0) is 31.6 Å². The van der Waals surface area contributed by atoms with Crippen molar-refractivity contribution < 1.29 is 31.6 Å². The quantitative estimate of drug-likeness (QED) is 0.172. The van der Waals surface area contributed by atoms with Gasteiger partial charge < -0.3 is 0 Å². The largest absolute Gasteiger partial charge is 0 e. The standard InChI is InChI=1S/C31H44P2.C7H5N.C5H10.ClH.Fe.Ni/c1-25(32(26-15-6-2-7-16-26)27-17-8-3-9-18-27)30-23-14-24-31(30)33(28-19-10-4-11-20-28)29-21-12-5-13-22-29;8-6-7-4-2-1-3-5-7;1-2-4-5-3-1;;;/h2-3,6-9,15-18,25,28-31H,4-5,10-14,19-24H2,1H3;1-5H;1-5H2;1H;;/q;;;;;+1/p-1. The van der Waals surface area contributed by atoms with E-state index in [1.54, 1.807) is 54.8 Å². The molecule has 4 fully saturated rings. The zero-order chi connectivity index (χ0) is 33.8. The van der Waals surface area contributed by atoms with E-state index in [0.29, 0.717) is 5.56 Å². The van der Waals surface area contributed by atoms with Crippen LogP contribution in [0.3, 0.4) is 0 Å². The molecule has 0 N–H and O–H groups in total. The first-order valence-corrected chi connectivity index (χ1v) is 23.3. The molecule has 0 spiro atoms. The van der Waals surface area contributed by atoms with Crippen molar-refractivity contribution in [2.24, 2.45) is 5.92 Å². The minimum Gasteiger partial charge on any atom is 0 e. The first-order valence-electron chi connectivity index (χ1n) is 19.0. The molecule has 271 valence electrons. The van der Waals surface area contributed by atoms with E-state index in [1.807, 2.05) is 24.3 Å². The number of hydrogen-bond acceptors (Lipinski definition) is 1. The van der Waals surface area contributed by atoms with Crippen molar-refractivity contribution in [3.63, 3.8) is 0 Å². The summed E-state index contributed by atoms with van der Waals surface area (Å²) in [5.41, 5.74) is 4.73. The maximum atomic E-state index is 8.29. The van der Waals surface area contributed by atoms with Gasteiger partial charge in [-0.1, -0.05) is 171 Å². The predicted molar refractivity (Wildman–Crippen MR) is 210 cm³/mol. The van der Waals surface area contributed by atoms with Crippen LogP contribution in [0.15, 0.2) is 91.0 Å². The zero-order valence-electron chi connectivity index (χ0n) is 29.7. The number of rotatable bonds is 7. The van der Waals surface area contributed by atoms with Crippen LogP contribution in [-0.4, -0.2) is 22.6 Å². The van der Waals surface area contributed by atoms with Crippen molar-refractivity contribution in [2.75, 3.05) is 0 Å². The smallest absolute Gasteiger partial charge is 0 e. The maximum Gasteiger partial charge on any atom is 0 e. The first kappa shape index (κ1) is 42.7. The minimum atomic E-state index is -0.299. The Labute approximate surface area is 325 Å². The summed E-state index contributed by atoms with van der Waals surface area (Å²) in [6.07, 6.45) is 27.3. The average molecular weight is 802 g/mol. The van der Waals surface area contributed by atoms with Crippen molar-refractivity contribution in [2.45, 2.75) is 145 Å². The van der Waals surface area contributed by atoms with Gasteiger partial charge in [-0.2, -0.15) is 5.26 Å². The number of benzene rings is 3. The Balaban J connectivity index is 0.000000337. The van der Waals surface area contributed by atoms with Gasteiger partial charge in [-0.05, 0) is 97.7 Å². The van der Waals surface area contributed by atoms with Crippen molar-refractivity contribution in [1.29, 1.82) is 5.26 Å². The number of halogens is 1. The molecule has 3 aromatic carbocycles. The number of nitrogens with zero attached hydrogens (tertiary/aromatic N) is 1. The zero-order valence-corrected chi connectivity index (χ0v) is 34.3. The summed E-state index contributed by atoms with van der Waals surface area (Å²) >= 11 is 3.35. The number of nitriles is 1. The van der Waals surface area contributed by atoms with Crippen LogP contribution in [0.2, 0.25) is 0 Å². The molecule has 0 bridgehead atoms. The fourth-order valence-corrected chi connectivity index (χ4v) is 16.9. The van der Waals surface area contributed by atoms with E-state index in [1.165, 1.54) is 83.5 Å². The molecule has 0 heterocycles. The van der Waals surface area contributed by atoms with Crippen LogP contribution in [0, 0.1) is 17.2 Å². The molecule has 0 saturated heterocycles. The molecule has 3 unspecified atom stereocenters. The molecule has 4 aliphatic rings. The maximum absolute atomic E-state index is 8.29. The van der Waals surface area contributed by atoms with Gasteiger partial charge in [-0.3, -0.25) is 0 Å². The van der Waals surface area contributed by atoms with E-state index in [9.17, 15) is 0 Å². The summed E-state index contributed by atoms with van der Waals surface area (Å²) in [7, 11) is 4.14. The fourth-order valence-electron chi connectivity index (χ4n) is 8.88. The third-order valence-corrected chi connectivity index (χ3v) is 18.2. The minimum absolute atomic E-state index is 0. The fraction of sp³-hybridized carbons (Fsp3) is 0.558. The molecule has 6 heteroatoms. The van der Waals surface area contributed by atoms with Crippen LogP contribution >= 0.6 is 26.0 Å². The number of hydrogen-bond donors (Lipinski definition) is 0. The third-order valence-electron chi connectivity index (χ3n) is 11.2. The van der Waals surface area contributed by atoms with Crippen LogP contribution in [0.25, 0.3) is 0 Å². The third kappa shape index (κ3) is 13.7. The van der Waals surface area contributed by atoms with Gasteiger partial charge in [0.1, 0.15) is 0 Å². The molecular formula is C43H59ClFeNNiP2. The van der Waals surface area contributed by atoms with E-state index in [-0.39, 0.29) is 32.9 Å². The Morgan fingerprint density at radius 2 is 0.959 bits per heavy atom. The van der Waals surface area contributed by atoms with E-state index in [4.69, 9.17) is 5.26 Å². The molecule has 0 radical (unpaired) electrons. The van der Waals surface area contributed by atoms with E-state index in [2.05, 4.69) is 92.4 Å². The summed E-state index contributed by atoms with van der Waals surface area (Å²) in [6, 6.07) is 34.3. The van der Waals surface area contributed by atoms with Gasteiger partial charge in [-0.15, -0.1) is 0 Å². The summed E-state index contributed by atoms with van der Waals surface area (Å²) in [5, 5.41) is 11.5. The van der Waals surface area contributed by atoms with E-state index in [0.717, 1.165) is 28.6 Å². The second kappa shape index (κ2) is 25.3. The van der Waals surface area contributed by atoms with Gasteiger partial charge in [-0.25, -0.2) is 0 Å². The first-order chi connectivity index (χ1) is 23.8. The second-order valence-electron chi connectivity index (χ2n) is 14.2. The monoisotopic (exact) mass is 800 g/mol. The summed E-state index contributed by atoms with van der Waals surface area (Å²) in [5.74, 6) is 0.937. The average Bonchev–Trinajstić information content (AvgIpc) is 3.92. The molecular weight excluding hydrogens is 742 g/mol. The van der Waals surface area contributed by atoms with Gasteiger partial charge >= 0.3 is 24.8 Å². The Morgan fingerprint density at radius 3 is 1.35 bits per heavy atom.